The fraction of sp³-hybridized carbons (Fsp3) is 0.500. The molecular formula is C12H18N4O. The number of pyridine rings is 1. The second kappa shape index (κ2) is 5.63. The molecule has 0 saturated carbocycles. The van der Waals surface area contributed by atoms with Gasteiger partial charge in [-0.05, 0) is 25.0 Å². The fourth-order valence-electron chi connectivity index (χ4n) is 1.95. The molecule has 0 aromatic carbocycles. The van der Waals surface area contributed by atoms with Crippen molar-refractivity contribution < 1.29 is 4.79 Å². The summed E-state index contributed by atoms with van der Waals surface area (Å²) in [4.78, 5) is 17.9. The van der Waals surface area contributed by atoms with Crippen LogP contribution in [0.1, 0.15) is 19.3 Å². The van der Waals surface area contributed by atoms with Gasteiger partial charge >= 0.3 is 0 Å². The van der Waals surface area contributed by atoms with E-state index in [1.54, 1.807) is 6.20 Å². The monoisotopic (exact) mass is 234 g/mol. The van der Waals surface area contributed by atoms with E-state index in [0.29, 0.717) is 13.0 Å². The maximum absolute atomic E-state index is 11.3. The molecular weight excluding hydrogens is 216 g/mol. The van der Waals surface area contributed by atoms with Crippen LogP contribution in [0.2, 0.25) is 0 Å². The van der Waals surface area contributed by atoms with Gasteiger partial charge in [0.1, 0.15) is 5.82 Å². The molecule has 1 aliphatic heterocycles. The molecule has 0 bridgehead atoms. The summed E-state index contributed by atoms with van der Waals surface area (Å²) in [6, 6.07) is 3.83. The first-order valence-electron chi connectivity index (χ1n) is 6.00. The Morgan fingerprint density at radius 3 is 2.76 bits per heavy atom. The predicted octanol–water partition coefficient (Wildman–Crippen LogP) is 0.969. The maximum Gasteiger partial charge on any atom is 0.225 e. The second-order valence-electron chi connectivity index (χ2n) is 4.19. The Morgan fingerprint density at radius 1 is 1.41 bits per heavy atom. The Hall–Kier alpha value is -1.62. The van der Waals surface area contributed by atoms with Crippen LogP contribution in [0.3, 0.4) is 0 Å². The molecule has 0 radical (unpaired) electrons. The van der Waals surface area contributed by atoms with E-state index in [-0.39, 0.29) is 5.91 Å². The SMILES string of the molecule is NCCC(=O)Nc1ccc(N2CCCC2)nc1. The summed E-state index contributed by atoms with van der Waals surface area (Å²) in [6.45, 7) is 2.52. The normalized spacial score (nSPS) is 15.0. The van der Waals surface area contributed by atoms with E-state index in [1.807, 2.05) is 12.1 Å². The zero-order chi connectivity index (χ0) is 12.1. The van der Waals surface area contributed by atoms with Gasteiger partial charge in [-0.2, -0.15) is 0 Å². The van der Waals surface area contributed by atoms with E-state index in [9.17, 15) is 4.79 Å². The van der Waals surface area contributed by atoms with Crippen LogP contribution in [-0.4, -0.2) is 30.5 Å². The smallest absolute Gasteiger partial charge is 0.225 e. The lowest BCUT2D eigenvalue weighted by atomic mass is 10.3. The number of hydrogen-bond donors (Lipinski definition) is 2. The van der Waals surface area contributed by atoms with Crippen LogP contribution in [0.5, 0.6) is 0 Å². The first-order chi connectivity index (χ1) is 8.29. The molecule has 0 spiro atoms. The number of amides is 1. The summed E-state index contributed by atoms with van der Waals surface area (Å²) in [5.41, 5.74) is 6.03. The van der Waals surface area contributed by atoms with Crippen molar-refractivity contribution in [2.24, 2.45) is 5.73 Å². The number of aromatic nitrogens is 1. The summed E-state index contributed by atoms with van der Waals surface area (Å²) >= 11 is 0. The number of nitrogens with zero attached hydrogens (tertiary/aromatic N) is 2. The third-order valence-corrected chi connectivity index (χ3v) is 2.83. The highest BCUT2D eigenvalue weighted by molar-refractivity contribution is 5.90. The van der Waals surface area contributed by atoms with Crippen molar-refractivity contribution in [2.45, 2.75) is 19.3 Å². The highest BCUT2D eigenvalue weighted by Crippen LogP contribution is 2.18. The van der Waals surface area contributed by atoms with E-state index >= 15 is 0 Å². The molecule has 2 heterocycles. The van der Waals surface area contributed by atoms with Crippen molar-refractivity contribution in [2.75, 3.05) is 29.9 Å². The highest BCUT2D eigenvalue weighted by Gasteiger charge is 2.13. The van der Waals surface area contributed by atoms with Gasteiger partial charge in [0.2, 0.25) is 5.91 Å². The molecule has 0 atom stereocenters. The van der Waals surface area contributed by atoms with Crippen molar-refractivity contribution in [3.8, 4) is 0 Å². The average molecular weight is 234 g/mol. The molecule has 5 heteroatoms. The van der Waals surface area contributed by atoms with E-state index in [0.717, 1.165) is 24.6 Å². The quantitative estimate of drug-likeness (QED) is 0.814. The molecule has 5 nitrogen and oxygen atoms in total. The van der Waals surface area contributed by atoms with Crippen LogP contribution in [0, 0.1) is 0 Å². The molecule has 1 aromatic rings. The Morgan fingerprint density at radius 2 is 2.18 bits per heavy atom. The molecule has 0 unspecified atom stereocenters. The number of rotatable bonds is 4. The summed E-state index contributed by atoms with van der Waals surface area (Å²) < 4.78 is 0. The van der Waals surface area contributed by atoms with E-state index in [2.05, 4.69) is 15.2 Å². The van der Waals surface area contributed by atoms with Crippen molar-refractivity contribution >= 4 is 17.4 Å². The number of hydrogen-bond acceptors (Lipinski definition) is 4. The number of nitrogens with two attached hydrogens (primary N) is 1. The minimum Gasteiger partial charge on any atom is -0.357 e. The predicted molar refractivity (Wildman–Crippen MR) is 68.0 cm³/mol. The molecule has 1 fully saturated rings. The Kier molecular flexibility index (Phi) is 3.93. The number of carbonyl (C=O) groups excluding carboxylic acids is 1. The fourth-order valence-corrected chi connectivity index (χ4v) is 1.95. The molecule has 1 aliphatic rings. The highest BCUT2D eigenvalue weighted by atomic mass is 16.1. The molecule has 1 aromatic heterocycles. The standard InChI is InChI=1S/C12H18N4O/c13-6-5-12(17)15-10-3-4-11(14-9-10)16-7-1-2-8-16/h3-4,9H,1-2,5-8,13H2,(H,15,17). The van der Waals surface area contributed by atoms with Gasteiger partial charge in [-0.15, -0.1) is 0 Å². The summed E-state index contributed by atoms with van der Waals surface area (Å²) in [6.07, 6.45) is 4.50. The first kappa shape index (κ1) is 11.9. The average Bonchev–Trinajstić information content (AvgIpc) is 2.84. The minimum atomic E-state index is -0.0665. The third kappa shape index (κ3) is 3.17. The van der Waals surface area contributed by atoms with Crippen LogP contribution in [0.15, 0.2) is 18.3 Å². The van der Waals surface area contributed by atoms with Crippen LogP contribution in [0.4, 0.5) is 11.5 Å². The number of nitrogens with one attached hydrogen (secondary N) is 1. The van der Waals surface area contributed by atoms with Crippen molar-refractivity contribution in [1.82, 2.24) is 4.98 Å². The number of anilines is 2. The molecule has 3 N–H and O–H groups in total. The zero-order valence-corrected chi connectivity index (χ0v) is 9.85. The summed E-state index contributed by atoms with van der Waals surface area (Å²) in [7, 11) is 0. The van der Waals surface area contributed by atoms with Crippen molar-refractivity contribution in [3.63, 3.8) is 0 Å². The lowest BCUT2D eigenvalue weighted by Gasteiger charge is -2.16. The minimum absolute atomic E-state index is 0.0665. The number of carbonyl (C=O) groups is 1. The third-order valence-electron chi connectivity index (χ3n) is 2.83. The molecule has 92 valence electrons. The van der Waals surface area contributed by atoms with Gasteiger partial charge in [-0.25, -0.2) is 4.98 Å². The van der Waals surface area contributed by atoms with E-state index in [1.165, 1.54) is 12.8 Å². The van der Waals surface area contributed by atoms with Gasteiger partial charge in [-0.3, -0.25) is 4.79 Å². The molecule has 1 amide bonds. The second-order valence-corrected chi connectivity index (χ2v) is 4.19. The van der Waals surface area contributed by atoms with Crippen LogP contribution in [0.25, 0.3) is 0 Å². The van der Waals surface area contributed by atoms with Gasteiger partial charge < -0.3 is 16.0 Å². The zero-order valence-electron chi connectivity index (χ0n) is 9.85. The molecule has 17 heavy (non-hydrogen) atoms. The topological polar surface area (TPSA) is 71.2 Å². The van der Waals surface area contributed by atoms with E-state index < -0.39 is 0 Å². The Labute approximate surface area is 101 Å². The summed E-state index contributed by atoms with van der Waals surface area (Å²) in [5, 5.41) is 2.76. The summed E-state index contributed by atoms with van der Waals surface area (Å²) in [5.74, 6) is 0.919. The Balaban J connectivity index is 1.95. The van der Waals surface area contributed by atoms with Crippen molar-refractivity contribution in [3.05, 3.63) is 18.3 Å². The van der Waals surface area contributed by atoms with Gasteiger partial charge in [0.15, 0.2) is 0 Å². The largest absolute Gasteiger partial charge is 0.357 e. The van der Waals surface area contributed by atoms with Gasteiger partial charge in [-0.1, -0.05) is 0 Å². The Bertz CT molecular complexity index is 371. The maximum atomic E-state index is 11.3. The van der Waals surface area contributed by atoms with Crippen LogP contribution < -0.4 is 16.0 Å². The van der Waals surface area contributed by atoms with Gasteiger partial charge in [0.25, 0.3) is 0 Å². The molecule has 0 aliphatic carbocycles. The van der Waals surface area contributed by atoms with E-state index in [4.69, 9.17) is 5.73 Å². The van der Waals surface area contributed by atoms with Crippen LogP contribution in [-0.2, 0) is 4.79 Å². The van der Waals surface area contributed by atoms with Gasteiger partial charge in [0, 0.05) is 26.1 Å². The molecule has 1 saturated heterocycles. The first-order valence-corrected chi connectivity index (χ1v) is 6.00. The molecule has 2 rings (SSSR count). The van der Waals surface area contributed by atoms with Gasteiger partial charge in [0.05, 0.1) is 11.9 Å². The van der Waals surface area contributed by atoms with Crippen molar-refractivity contribution in [1.29, 1.82) is 0 Å². The lowest BCUT2D eigenvalue weighted by Crippen LogP contribution is -2.19. The van der Waals surface area contributed by atoms with Crippen LogP contribution >= 0.6 is 0 Å². The lowest BCUT2D eigenvalue weighted by molar-refractivity contribution is -0.116.